The predicted molar refractivity (Wildman–Crippen MR) is 75.7 cm³/mol. The highest BCUT2D eigenvalue weighted by Gasteiger charge is 2.12. The first-order valence-corrected chi connectivity index (χ1v) is 6.59. The van der Waals surface area contributed by atoms with Crippen molar-refractivity contribution in [3.05, 3.63) is 23.9 Å². The van der Waals surface area contributed by atoms with Gasteiger partial charge in [0.25, 0.3) is 0 Å². The third-order valence-electron chi connectivity index (χ3n) is 3.45. The Balaban J connectivity index is 1.96. The fourth-order valence-electron chi connectivity index (χ4n) is 2.24. The molecule has 0 aromatic carbocycles. The van der Waals surface area contributed by atoms with E-state index in [1.54, 1.807) is 6.07 Å². The minimum atomic E-state index is 0.0368. The molecule has 1 fully saturated rings. The van der Waals surface area contributed by atoms with Crippen molar-refractivity contribution in [3.8, 4) is 0 Å². The number of aromatic nitrogens is 1. The van der Waals surface area contributed by atoms with Crippen molar-refractivity contribution in [2.24, 2.45) is 10.9 Å². The molecule has 6 heteroatoms. The van der Waals surface area contributed by atoms with E-state index < -0.39 is 0 Å². The second-order valence-corrected chi connectivity index (χ2v) is 4.84. The molecule has 0 aliphatic carbocycles. The second-order valence-electron chi connectivity index (χ2n) is 4.84. The van der Waals surface area contributed by atoms with Crippen LogP contribution < -0.4 is 10.6 Å². The maximum atomic E-state index is 8.67. The molecule has 0 atom stereocenters. The van der Waals surface area contributed by atoms with Gasteiger partial charge < -0.3 is 20.7 Å². The molecule has 0 amide bonds. The maximum Gasteiger partial charge on any atom is 0.188 e. The van der Waals surface area contributed by atoms with Crippen LogP contribution in [0.3, 0.4) is 0 Å². The zero-order chi connectivity index (χ0) is 13.7. The summed E-state index contributed by atoms with van der Waals surface area (Å²) in [5, 5.41) is 11.6. The molecule has 0 radical (unpaired) electrons. The number of hydrogen-bond donors (Lipinski definition) is 2. The van der Waals surface area contributed by atoms with Gasteiger partial charge in [-0.05, 0) is 38.1 Å². The normalized spacial score (nSPS) is 16.8. The lowest BCUT2D eigenvalue weighted by Crippen LogP contribution is -2.32. The van der Waals surface area contributed by atoms with Crippen LogP contribution in [-0.4, -0.2) is 54.2 Å². The lowest BCUT2D eigenvalue weighted by Gasteiger charge is -2.22. The van der Waals surface area contributed by atoms with E-state index in [9.17, 15) is 0 Å². The zero-order valence-electron chi connectivity index (χ0n) is 11.3. The van der Waals surface area contributed by atoms with Crippen molar-refractivity contribution >= 4 is 11.7 Å². The van der Waals surface area contributed by atoms with Gasteiger partial charge in [0.15, 0.2) is 5.84 Å². The number of anilines is 1. The number of hydrogen-bond acceptors (Lipinski definition) is 5. The van der Waals surface area contributed by atoms with E-state index in [0.717, 1.165) is 18.9 Å². The molecule has 1 saturated heterocycles. The Morgan fingerprint density at radius 1 is 1.47 bits per heavy atom. The Morgan fingerprint density at radius 3 is 2.89 bits per heavy atom. The minimum absolute atomic E-state index is 0.0368. The van der Waals surface area contributed by atoms with Crippen molar-refractivity contribution < 1.29 is 5.21 Å². The number of nitrogens with two attached hydrogens (primary N) is 1. The first kappa shape index (κ1) is 13.6. The number of rotatable bonds is 5. The van der Waals surface area contributed by atoms with Gasteiger partial charge in [-0.15, -0.1) is 0 Å². The summed E-state index contributed by atoms with van der Waals surface area (Å²) in [5.74, 6) is 0.873. The van der Waals surface area contributed by atoms with E-state index in [2.05, 4.69) is 19.9 Å². The van der Waals surface area contributed by atoms with E-state index in [0.29, 0.717) is 5.69 Å². The fourth-order valence-corrected chi connectivity index (χ4v) is 2.24. The molecule has 1 aliphatic rings. The number of pyridine rings is 1. The van der Waals surface area contributed by atoms with E-state index in [1.165, 1.54) is 25.9 Å². The predicted octanol–water partition coefficient (Wildman–Crippen LogP) is 0.708. The van der Waals surface area contributed by atoms with Crippen LogP contribution in [0.25, 0.3) is 0 Å². The Morgan fingerprint density at radius 2 is 2.21 bits per heavy atom. The molecule has 3 N–H and O–H groups in total. The number of oxime groups is 1. The Bertz CT molecular complexity index is 442. The third-order valence-corrected chi connectivity index (χ3v) is 3.45. The minimum Gasteiger partial charge on any atom is -0.409 e. The van der Waals surface area contributed by atoms with Crippen LogP contribution in [0.2, 0.25) is 0 Å². The van der Waals surface area contributed by atoms with Crippen molar-refractivity contribution in [3.63, 3.8) is 0 Å². The average molecular weight is 263 g/mol. The molecule has 2 rings (SSSR count). The fraction of sp³-hybridized carbons (Fsp3) is 0.538. The molecule has 6 nitrogen and oxygen atoms in total. The summed E-state index contributed by atoms with van der Waals surface area (Å²) in [7, 11) is 2.01. The average Bonchev–Trinajstić information content (AvgIpc) is 2.97. The van der Waals surface area contributed by atoms with Crippen LogP contribution in [0, 0.1) is 0 Å². The molecule has 1 aromatic heterocycles. The Kier molecular flexibility index (Phi) is 4.57. The summed E-state index contributed by atoms with van der Waals surface area (Å²) in [5.41, 5.74) is 6.04. The molecule has 0 bridgehead atoms. The van der Waals surface area contributed by atoms with Crippen LogP contribution in [0.1, 0.15) is 18.5 Å². The number of likely N-dealkylation sites (tertiary alicyclic amines) is 1. The van der Waals surface area contributed by atoms with Gasteiger partial charge in [0.2, 0.25) is 0 Å². The monoisotopic (exact) mass is 263 g/mol. The van der Waals surface area contributed by atoms with Gasteiger partial charge >= 0.3 is 0 Å². The molecule has 0 unspecified atom stereocenters. The molecule has 104 valence electrons. The maximum absolute atomic E-state index is 8.67. The van der Waals surface area contributed by atoms with Gasteiger partial charge in [0.05, 0.1) is 0 Å². The van der Waals surface area contributed by atoms with E-state index in [1.807, 2.05) is 19.2 Å². The summed E-state index contributed by atoms with van der Waals surface area (Å²) in [6.07, 6.45) is 2.61. The van der Waals surface area contributed by atoms with Crippen LogP contribution in [0.5, 0.6) is 0 Å². The molecular weight excluding hydrogens is 242 g/mol. The topological polar surface area (TPSA) is 78.0 Å². The Hall–Kier alpha value is -1.82. The number of likely N-dealkylation sites (N-methyl/N-ethyl adjacent to an activating group) is 1. The van der Waals surface area contributed by atoms with Gasteiger partial charge in [-0.2, -0.15) is 0 Å². The van der Waals surface area contributed by atoms with Gasteiger partial charge in [-0.25, -0.2) is 4.98 Å². The van der Waals surface area contributed by atoms with Crippen molar-refractivity contribution in [1.29, 1.82) is 0 Å². The highest BCUT2D eigenvalue weighted by Crippen LogP contribution is 2.11. The quantitative estimate of drug-likeness (QED) is 0.354. The van der Waals surface area contributed by atoms with Crippen molar-refractivity contribution in [2.75, 3.05) is 38.1 Å². The highest BCUT2D eigenvalue weighted by molar-refractivity contribution is 5.95. The second kappa shape index (κ2) is 6.38. The summed E-state index contributed by atoms with van der Waals surface area (Å²) in [6, 6.07) is 5.52. The first-order chi connectivity index (χ1) is 9.20. The van der Waals surface area contributed by atoms with Crippen LogP contribution in [-0.2, 0) is 0 Å². The summed E-state index contributed by atoms with van der Waals surface area (Å²) < 4.78 is 0. The largest absolute Gasteiger partial charge is 0.409 e. The van der Waals surface area contributed by atoms with Gasteiger partial charge in [0.1, 0.15) is 11.5 Å². The van der Waals surface area contributed by atoms with E-state index in [4.69, 9.17) is 10.9 Å². The molecule has 1 aliphatic heterocycles. The lowest BCUT2D eigenvalue weighted by molar-refractivity contribution is 0.318. The molecule has 0 spiro atoms. The smallest absolute Gasteiger partial charge is 0.188 e. The molecule has 0 saturated carbocycles. The lowest BCUT2D eigenvalue weighted by atomic mass is 10.3. The summed E-state index contributed by atoms with van der Waals surface area (Å²) in [4.78, 5) is 8.93. The van der Waals surface area contributed by atoms with Crippen LogP contribution in [0.15, 0.2) is 23.4 Å². The van der Waals surface area contributed by atoms with Crippen LogP contribution >= 0.6 is 0 Å². The summed E-state index contributed by atoms with van der Waals surface area (Å²) in [6.45, 7) is 4.37. The Labute approximate surface area is 113 Å². The molecule has 1 aromatic rings. The first-order valence-electron chi connectivity index (χ1n) is 6.59. The van der Waals surface area contributed by atoms with Crippen LogP contribution in [0.4, 0.5) is 5.82 Å². The number of amidine groups is 1. The van der Waals surface area contributed by atoms with Crippen molar-refractivity contribution in [2.45, 2.75) is 12.8 Å². The zero-order valence-corrected chi connectivity index (χ0v) is 11.3. The SMILES string of the molecule is CN(CCN1CCCC1)c1cccc(C(N)=NO)n1. The molecule has 19 heavy (non-hydrogen) atoms. The highest BCUT2D eigenvalue weighted by atomic mass is 16.4. The standard InChI is InChI=1S/C13H21N5O/c1-17(9-10-18-7-2-3-8-18)12-6-4-5-11(15-12)13(14)16-19/h4-6,19H,2-3,7-10H2,1H3,(H2,14,16). The van der Waals surface area contributed by atoms with Gasteiger partial charge in [-0.1, -0.05) is 11.2 Å². The molecular formula is C13H21N5O. The van der Waals surface area contributed by atoms with Gasteiger partial charge in [-0.3, -0.25) is 0 Å². The number of nitrogens with zero attached hydrogens (tertiary/aromatic N) is 4. The van der Waals surface area contributed by atoms with Crippen molar-refractivity contribution in [1.82, 2.24) is 9.88 Å². The molecule has 2 heterocycles. The van der Waals surface area contributed by atoms with E-state index in [-0.39, 0.29) is 5.84 Å². The summed E-state index contributed by atoms with van der Waals surface area (Å²) >= 11 is 0. The van der Waals surface area contributed by atoms with Gasteiger partial charge in [0, 0.05) is 20.1 Å². The third kappa shape index (κ3) is 3.57. The van der Waals surface area contributed by atoms with E-state index >= 15 is 0 Å².